The summed E-state index contributed by atoms with van der Waals surface area (Å²) in [7, 11) is 3.86. The number of nitrogens with zero attached hydrogens (tertiary/aromatic N) is 1. The van der Waals surface area contributed by atoms with Crippen LogP contribution in [0.2, 0.25) is 0 Å². The molecule has 2 unspecified atom stereocenters. The second-order valence-electron chi connectivity index (χ2n) is 4.38. The molecule has 0 bridgehead atoms. The summed E-state index contributed by atoms with van der Waals surface area (Å²) in [5.74, 6) is 0.443. The van der Waals surface area contributed by atoms with Crippen molar-refractivity contribution in [2.75, 3.05) is 27.3 Å². The summed E-state index contributed by atoms with van der Waals surface area (Å²) in [5.41, 5.74) is 5.86. The van der Waals surface area contributed by atoms with E-state index in [9.17, 15) is 0 Å². The molecule has 1 aromatic rings. The summed E-state index contributed by atoms with van der Waals surface area (Å²) < 4.78 is 6.36. The fourth-order valence-corrected chi connectivity index (χ4v) is 3.53. The van der Waals surface area contributed by atoms with Crippen LogP contribution in [0.3, 0.4) is 0 Å². The van der Waals surface area contributed by atoms with Gasteiger partial charge in [0.2, 0.25) is 0 Å². The first-order chi connectivity index (χ1) is 8.08. The van der Waals surface area contributed by atoms with E-state index in [1.165, 1.54) is 4.88 Å². The third kappa shape index (κ3) is 4.67. The summed E-state index contributed by atoms with van der Waals surface area (Å²) in [6.45, 7) is 4.53. The van der Waals surface area contributed by atoms with Crippen molar-refractivity contribution in [3.8, 4) is 0 Å². The third-order valence-corrected chi connectivity index (χ3v) is 4.60. The average Bonchev–Trinajstić information content (AvgIpc) is 2.65. The molecule has 0 saturated carbocycles. The van der Waals surface area contributed by atoms with E-state index in [-0.39, 0.29) is 0 Å². The lowest BCUT2D eigenvalue weighted by molar-refractivity contribution is 0.0957. The fourth-order valence-electron chi connectivity index (χ4n) is 2.02. The first kappa shape index (κ1) is 15.1. The van der Waals surface area contributed by atoms with Crippen LogP contribution in [-0.4, -0.2) is 38.3 Å². The van der Waals surface area contributed by atoms with Crippen molar-refractivity contribution in [3.63, 3.8) is 0 Å². The predicted octanol–water partition coefficient (Wildman–Crippen LogP) is 2.55. The highest BCUT2D eigenvalue weighted by atomic mass is 79.9. The quantitative estimate of drug-likeness (QED) is 0.839. The number of nitrogens with two attached hydrogens (primary N) is 1. The molecule has 5 heteroatoms. The normalized spacial score (nSPS) is 15.2. The van der Waals surface area contributed by atoms with E-state index >= 15 is 0 Å². The van der Waals surface area contributed by atoms with Crippen LogP contribution in [0, 0.1) is 5.92 Å². The molecule has 1 rings (SSSR count). The molecule has 98 valence electrons. The molecule has 0 aliphatic rings. The topological polar surface area (TPSA) is 38.5 Å². The lowest BCUT2D eigenvalue weighted by atomic mass is 10.0. The Morgan fingerprint density at radius 2 is 2.29 bits per heavy atom. The molecule has 0 fully saturated rings. The van der Waals surface area contributed by atoms with Crippen molar-refractivity contribution in [2.45, 2.75) is 19.5 Å². The second-order valence-corrected chi connectivity index (χ2v) is 6.29. The number of ether oxygens (including phenoxy) is 1. The summed E-state index contributed by atoms with van der Waals surface area (Å²) in [5, 5.41) is 2.11. The van der Waals surface area contributed by atoms with Gasteiger partial charge in [-0.15, -0.1) is 11.3 Å². The van der Waals surface area contributed by atoms with Crippen molar-refractivity contribution in [2.24, 2.45) is 11.7 Å². The second kappa shape index (κ2) is 7.48. The Morgan fingerprint density at radius 3 is 2.76 bits per heavy atom. The molecular weight excluding hydrogens is 300 g/mol. The van der Waals surface area contributed by atoms with Crippen LogP contribution in [0.15, 0.2) is 15.9 Å². The minimum Gasteiger partial charge on any atom is -0.384 e. The van der Waals surface area contributed by atoms with Crippen LogP contribution in [-0.2, 0) is 11.3 Å². The van der Waals surface area contributed by atoms with Crippen LogP contribution in [0.5, 0.6) is 0 Å². The van der Waals surface area contributed by atoms with Crippen LogP contribution in [0.25, 0.3) is 0 Å². The third-order valence-electron chi connectivity index (χ3n) is 2.92. The van der Waals surface area contributed by atoms with E-state index in [1.807, 2.05) is 0 Å². The van der Waals surface area contributed by atoms with E-state index in [0.717, 1.165) is 17.6 Å². The van der Waals surface area contributed by atoms with E-state index in [4.69, 9.17) is 10.5 Å². The Morgan fingerprint density at radius 1 is 1.59 bits per heavy atom. The SMILES string of the molecule is COCC(C)C(CN)N(C)Cc1cc(Br)cs1. The van der Waals surface area contributed by atoms with E-state index < -0.39 is 0 Å². The number of thiophene rings is 1. The lowest BCUT2D eigenvalue weighted by Crippen LogP contribution is -2.43. The number of hydrogen-bond donors (Lipinski definition) is 1. The van der Waals surface area contributed by atoms with Gasteiger partial charge in [-0.1, -0.05) is 6.92 Å². The highest BCUT2D eigenvalue weighted by molar-refractivity contribution is 9.10. The number of methoxy groups -OCH3 is 1. The fraction of sp³-hybridized carbons (Fsp3) is 0.667. The minimum absolute atomic E-state index is 0.357. The van der Waals surface area contributed by atoms with Crippen molar-refractivity contribution < 1.29 is 4.74 Å². The van der Waals surface area contributed by atoms with Gasteiger partial charge in [0.1, 0.15) is 0 Å². The molecule has 3 nitrogen and oxygen atoms in total. The van der Waals surface area contributed by atoms with Gasteiger partial charge in [-0.3, -0.25) is 4.90 Å². The average molecular weight is 321 g/mol. The molecule has 0 aromatic carbocycles. The predicted molar refractivity (Wildman–Crippen MR) is 77.4 cm³/mol. The Labute approximate surface area is 116 Å². The van der Waals surface area contributed by atoms with Gasteiger partial charge in [0, 0.05) is 41.0 Å². The summed E-state index contributed by atoms with van der Waals surface area (Å²) >= 11 is 5.25. The lowest BCUT2D eigenvalue weighted by Gasteiger charge is -2.31. The first-order valence-corrected chi connectivity index (χ1v) is 7.38. The molecule has 2 atom stereocenters. The molecule has 0 radical (unpaired) electrons. The highest BCUT2D eigenvalue weighted by Crippen LogP contribution is 2.22. The maximum Gasteiger partial charge on any atom is 0.0503 e. The zero-order valence-electron chi connectivity index (χ0n) is 10.6. The number of likely N-dealkylation sites (N-methyl/N-ethyl adjacent to an activating group) is 1. The monoisotopic (exact) mass is 320 g/mol. The van der Waals surface area contributed by atoms with E-state index in [1.54, 1.807) is 18.4 Å². The summed E-state index contributed by atoms with van der Waals surface area (Å²) in [4.78, 5) is 3.66. The highest BCUT2D eigenvalue weighted by Gasteiger charge is 2.20. The van der Waals surface area contributed by atoms with Gasteiger partial charge in [0.05, 0.1) is 6.61 Å². The van der Waals surface area contributed by atoms with Gasteiger partial charge < -0.3 is 10.5 Å². The molecule has 0 spiro atoms. The van der Waals surface area contributed by atoms with Crippen LogP contribution in [0.1, 0.15) is 11.8 Å². The molecule has 0 saturated heterocycles. The standard InChI is InChI=1S/C12H21BrN2OS/c1-9(7-16-3)12(5-14)15(2)6-11-4-10(13)8-17-11/h4,8-9,12H,5-7,14H2,1-3H3. The first-order valence-electron chi connectivity index (χ1n) is 5.70. The zero-order chi connectivity index (χ0) is 12.8. The molecule has 0 amide bonds. The summed E-state index contributed by atoms with van der Waals surface area (Å²) in [6, 6.07) is 2.52. The van der Waals surface area contributed by atoms with Gasteiger partial charge >= 0.3 is 0 Å². The maximum absolute atomic E-state index is 5.86. The Kier molecular flexibility index (Phi) is 6.66. The van der Waals surface area contributed by atoms with E-state index in [2.05, 4.69) is 46.2 Å². The minimum atomic E-state index is 0.357. The van der Waals surface area contributed by atoms with Crippen molar-refractivity contribution >= 4 is 27.3 Å². The van der Waals surface area contributed by atoms with Gasteiger partial charge in [-0.2, -0.15) is 0 Å². The smallest absolute Gasteiger partial charge is 0.0503 e. The van der Waals surface area contributed by atoms with Crippen LogP contribution < -0.4 is 5.73 Å². The molecule has 2 N–H and O–H groups in total. The molecule has 0 aliphatic heterocycles. The van der Waals surface area contributed by atoms with Gasteiger partial charge in [-0.05, 0) is 35.0 Å². The number of hydrogen-bond acceptors (Lipinski definition) is 4. The number of rotatable bonds is 7. The molecule has 17 heavy (non-hydrogen) atoms. The Hall–Kier alpha value is 0.0600. The zero-order valence-corrected chi connectivity index (χ0v) is 13.1. The summed E-state index contributed by atoms with van der Waals surface area (Å²) in [6.07, 6.45) is 0. The van der Waals surface area contributed by atoms with Crippen LogP contribution >= 0.6 is 27.3 Å². The van der Waals surface area contributed by atoms with E-state index in [0.29, 0.717) is 18.5 Å². The van der Waals surface area contributed by atoms with Gasteiger partial charge in [-0.25, -0.2) is 0 Å². The van der Waals surface area contributed by atoms with Gasteiger partial charge in [0.15, 0.2) is 0 Å². The molecule has 1 heterocycles. The molecule has 1 aromatic heterocycles. The van der Waals surface area contributed by atoms with Crippen molar-refractivity contribution in [1.29, 1.82) is 0 Å². The van der Waals surface area contributed by atoms with Crippen molar-refractivity contribution in [3.05, 3.63) is 20.8 Å². The number of halogens is 1. The van der Waals surface area contributed by atoms with Crippen LogP contribution in [0.4, 0.5) is 0 Å². The maximum atomic E-state index is 5.86. The van der Waals surface area contributed by atoms with Crippen molar-refractivity contribution in [1.82, 2.24) is 4.90 Å². The molecular formula is C12H21BrN2OS. The molecule has 0 aliphatic carbocycles. The van der Waals surface area contributed by atoms with Gasteiger partial charge in [0.25, 0.3) is 0 Å². The Balaban J connectivity index is 2.56. The Bertz CT molecular complexity index is 332. The largest absolute Gasteiger partial charge is 0.384 e.